The number of aromatic nitrogens is 2. The smallest absolute Gasteiger partial charge is 0.300 e. The number of rotatable bonds is 8. The van der Waals surface area contributed by atoms with Crippen molar-refractivity contribution in [2.24, 2.45) is 0 Å². The molecule has 12 heteroatoms. The van der Waals surface area contributed by atoms with Gasteiger partial charge >= 0.3 is 0 Å². The van der Waals surface area contributed by atoms with Crippen molar-refractivity contribution in [2.75, 3.05) is 13.1 Å². The molecule has 0 spiro atoms. The molecule has 2 aromatic carbocycles. The molecule has 1 aliphatic heterocycles. The second-order valence-electron chi connectivity index (χ2n) is 10.2. The van der Waals surface area contributed by atoms with Crippen molar-refractivity contribution in [3.8, 4) is 16.9 Å². The molecule has 9 nitrogen and oxygen atoms in total. The van der Waals surface area contributed by atoms with Crippen LogP contribution in [0.1, 0.15) is 58.4 Å². The van der Waals surface area contributed by atoms with Crippen molar-refractivity contribution in [1.82, 2.24) is 19.0 Å². The number of nitrogens with zero attached hydrogens (tertiary/aromatic N) is 4. The van der Waals surface area contributed by atoms with Crippen LogP contribution >= 0.6 is 24.0 Å². The first kappa shape index (κ1) is 32.6. The third-order valence-corrected chi connectivity index (χ3v) is 10.6. The van der Waals surface area contributed by atoms with Crippen LogP contribution in [-0.2, 0) is 19.6 Å². The normalized spacial score (nSPS) is 16.9. The van der Waals surface area contributed by atoms with Crippen molar-refractivity contribution in [3.05, 3.63) is 71.3 Å². The van der Waals surface area contributed by atoms with Gasteiger partial charge in [-0.05, 0) is 43.2 Å². The molecule has 2 heterocycles. The van der Waals surface area contributed by atoms with Gasteiger partial charge in [0.2, 0.25) is 10.0 Å². The fourth-order valence-corrected chi connectivity index (χ4v) is 8.12. The Morgan fingerprint density at radius 2 is 1.74 bits per heavy atom. The van der Waals surface area contributed by atoms with Crippen LogP contribution < -0.4 is 0 Å². The average Bonchev–Trinajstić information content (AvgIpc) is 3.54. The molecular formula is C31H36N4O5S3. The molecule has 3 aromatic rings. The minimum absolute atomic E-state index is 0.0619. The standard InChI is InChI=1S/C29H32N4O3S3.C2H4O2/c1-3-31(4-2)39(35,36)25-17-11-12-21(18-25)27-22(20-32(30-27)23-13-7-5-8-14-23)19-26-28(34)33(29(37)38-26)24-15-9-6-10-16-24;1-2(3)4/h5,7-8,11-14,17-20,24H,3-4,6,9-10,15-16H2,1-2H3;1H3,(H,3,4)/b26-19+;. The number of amides is 1. The number of hydrogen-bond donors (Lipinski definition) is 1. The number of aliphatic carboxylic acids is 1. The number of para-hydroxylation sites is 1. The molecule has 5 rings (SSSR count). The first-order valence-electron chi connectivity index (χ1n) is 14.3. The van der Waals surface area contributed by atoms with Crippen molar-refractivity contribution in [1.29, 1.82) is 0 Å². The summed E-state index contributed by atoms with van der Waals surface area (Å²) in [5.41, 5.74) is 2.84. The van der Waals surface area contributed by atoms with Crippen LogP contribution in [0.2, 0.25) is 0 Å². The number of hydrogen-bond acceptors (Lipinski definition) is 7. The highest BCUT2D eigenvalue weighted by atomic mass is 32.2. The summed E-state index contributed by atoms with van der Waals surface area (Å²) in [6, 6.07) is 16.7. The van der Waals surface area contributed by atoms with Crippen molar-refractivity contribution in [3.63, 3.8) is 0 Å². The Kier molecular flexibility index (Phi) is 10.9. The van der Waals surface area contributed by atoms with E-state index in [1.54, 1.807) is 27.8 Å². The molecule has 1 saturated heterocycles. The number of carbonyl (C=O) groups is 2. The van der Waals surface area contributed by atoms with E-state index in [2.05, 4.69) is 0 Å². The Bertz CT molecular complexity index is 1600. The van der Waals surface area contributed by atoms with Gasteiger partial charge in [0.05, 0.1) is 15.5 Å². The lowest BCUT2D eigenvalue weighted by Crippen LogP contribution is -2.39. The van der Waals surface area contributed by atoms with Gasteiger partial charge in [-0.25, -0.2) is 13.1 Å². The molecule has 228 valence electrons. The quantitative estimate of drug-likeness (QED) is 0.229. The summed E-state index contributed by atoms with van der Waals surface area (Å²) in [6.07, 6.45) is 9.10. The fourth-order valence-electron chi connectivity index (χ4n) is 5.22. The Morgan fingerprint density at radius 3 is 2.37 bits per heavy atom. The first-order valence-corrected chi connectivity index (χ1v) is 17.0. The number of thiocarbonyl (C=S) groups is 1. The maximum atomic E-state index is 13.5. The van der Waals surface area contributed by atoms with Gasteiger partial charge in [-0.1, -0.05) is 87.4 Å². The zero-order valence-electron chi connectivity index (χ0n) is 24.5. The third kappa shape index (κ3) is 7.61. The molecule has 1 amide bonds. The maximum Gasteiger partial charge on any atom is 0.300 e. The molecule has 1 saturated carbocycles. The van der Waals surface area contributed by atoms with Crippen LogP contribution in [-0.4, -0.2) is 67.8 Å². The predicted octanol–water partition coefficient (Wildman–Crippen LogP) is 6.19. The van der Waals surface area contributed by atoms with Gasteiger partial charge < -0.3 is 5.11 Å². The van der Waals surface area contributed by atoms with E-state index >= 15 is 0 Å². The SMILES string of the molecule is CC(=O)O.CCN(CC)S(=O)(=O)c1cccc(-c2nn(-c3ccccc3)cc2/C=C2/SC(=S)N(C3CCCCC3)C2=O)c1. The molecule has 2 aliphatic rings. The topological polar surface area (TPSA) is 113 Å². The summed E-state index contributed by atoms with van der Waals surface area (Å²) in [4.78, 5) is 25.1. The lowest BCUT2D eigenvalue weighted by atomic mass is 9.94. The summed E-state index contributed by atoms with van der Waals surface area (Å²) in [6.45, 7) is 5.52. The molecule has 0 radical (unpaired) electrons. The molecule has 0 unspecified atom stereocenters. The molecule has 1 N–H and O–H groups in total. The first-order chi connectivity index (χ1) is 20.6. The summed E-state index contributed by atoms with van der Waals surface area (Å²) < 4.78 is 30.3. The summed E-state index contributed by atoms with van der Waals surface area (Å²) >= 11 is 6.97. The van der Waals surface area contributed by atoms with E-state index < -0.39 is 16.0 Å². The average molecular weight is 641 g/mol. The summed E-state index contributed by atoms with van der Waals surface area (Å²) in [5.74, 6) is -0.895. The van der Waals surface area contributed by atoms with Crippen molar-refractivity contribution in [2.45, 2.75) is 63.8 Å². The highest BCUT2D eigenvalue weighted by Crippen LogP contribution is 2.38. The monoisotopic (exact) mass is 640 g/mol. The molecular weight excluding hydrogens is 605 g/mol. The zero-order chi connectivity index (χ0) is 31.1. The molecule has 1 aromatic heterocycles. The lowest BCUT2D eigenvalue weighted by molar-refractivity contribution is -0.134. The van der Waals surface area contributed by atoms with E-state index in [1.165, 1.54) is 22.5 Å². The highest BCUT2D eigenvalue weighted by Gasteiger charge is 2.37. The van der Waals surface area contributed by atoms with Gasteiger partial charge in [-0.3, -0.25) is 14.5 Å². The highest BCUT2D eigenvalue weighted by molar-refractivity contribution is 8.26. The van der Waals surface area contributed by atoms with Crippen molar-refractivity contribution >= 4 is 56.3 Å². The second-order valence-corrected chi connectivity index (χ2v) is 13.8. The van der Waals surface area contributed by atoms with Gasteiger partial charge in [0.25, 0.3) is 11.9 Å². The Hall–Kier alpha value is -3.32. The van der Waals surface area contributed by atoms with Crippen LogP contribution in [0.25, 0.3) is 23.0 Å². The van der Waals surface area contributed by atoms with E-state index in [-0.39, 0.29) is 16.8 Å². The Morgan fingerprint density at radius 1 is 1.09 bits per heavy atom. The number of benzene rings is 2. The number of carboxylic acid groups (broad SMARTS) is 1. The number of carbonyl (C=O) groups excluding carboxylic acids is 1. The van der Waals surface area contributed by atoms with Crippen LogP contribution in [0.15, 0.2) is 70.6 Å². The van der Waals surface area contributed by atoms with Gasteiger partial charge in [-0.15, -0.1) is 0 Å². The minimum Gasteiger partial charge on any atom is -0.481 e. The van der Waals surface area contributed by atoms with E-state index in [0.29, 0.717) is 33.6 Å². The van der Waals surface area contributed by atoms with Gasteiger partial charge in [0.15, 0.2) is 0 Å². The van der Waals surface area contributed by atoms with Gasteiger partial charge in [-0.2, -0.15) is 9.40 Å². The van der Waals surface area contributed by atoms with Gasteiger partial charge in [0, 0.05) is 43.4 Å². The lowest BCUT2D eigenvalue weighted by Gasteiger charge is -2.29. The molecule has 1 aliphatic carbocycles. The molecule has 0 atom stereocenters. The van der Waals surface area contributed by atoms with E-state index in [1.807, 2.05) is 62.5 Å². The Balaban J connectivity index is 0.000000996. The van der Waals surface area contributed by atoms with E-state index in [9.17, 15) is 13.2 Å². The second kappa shape index (κ2) is 14.4. The van der Waals surface area contributed by atoms with E-state index in [4.69, 9.17) is 27.2 Å². The number of thioether (sulfide) groups is 1. The van der Waals surface area contributed by atoms with Gasteiger partial charge in [0.1, 0.15) is 10.0 Å². The zero-order valence-corrected chi connectivity index (χ0v) is 26.9. The van der Waals surface area contributed by atoms with Crippen LogP contribution in [0.3, 0.4) is 0 Å². The van der Waals surface area contributed by atoms with Crippen LogP contribution in [0.4, 0.5) is 0 Å². The number of carboxylic acids is 1. The van der Waals surface area contributed by atoms with E-state index in [0.717, 1.165) is 43.9 Å². The Labute approximate surface area is 262 Å². The summed E-state index contributed by atoms with van der Waals surface area (Å²) in [5, 5.41) is 12.3. The third-order valence-electron chi connectivity index (χ3n) is 7.26. The fraction of sp³-hybridized carbons (Fsp3) is 0.355. The molecule has 43 heavy (non-hydrogen) atoms. The largest absolute Gasteiger partial charge is 0.481 e. The predicted molar refractivity (Wildman–Crippen MR) is 174 cm³/mol. The molecule has 0 bridgehead atoms. The van der Waals surface area contributed by atoms with Crippen molar-refractivity contribution < 1.29 is 23.1 Å². The van der Waals surface area contributed by atoms with Crippen LogP contribution in [0, 0.1) is 0 Å². The number of sulfonamides is 1. The summed E-state index contributed by atoms with van der Waals surface area (Å²) in [7, 11) is -3.65. The maximum absolute atomic E-state index is 13.5. The minimum atomic E-state index is -3.65. The van der Waals surface area contributed by atoms with Crippen LogP contribution in [0.5, 0.6) is 0 Å². The molecule has 2 fully saturated rings.